The van der Waals surface area contributed by atoms with Gasteiger partial charge in [0.15, 0.2) is 0 Å². The van der Waals surface area contributed by atoms with Crippen molar-refractivity contribution in [1.29, 1.82) is 0 Å². The van der Waals surface area contributed by atoms with Crippen molar-refractivity contribution in [3.63, 3.8) is 0 Å². The summed E-state index contributed by atoms with van der Waals surface area (Å²) < 4.78 is 5.26. The Kier molecular flexibility index (Phi) is 5.91. The Labute approximate surface area is 180 Å². The Morgan fingerprint density at radius 2 is 1.73 bits per heavy atom. The van der Waals surface area contributed by atoms with E-state index in [1.807, 2.05) is 57.3 Å². The first-order chi connectivity index (χ1) is 14.5. The molecule has 0 bridgehead atoms. The van der Waals surface area contributed by atoms with Crippen LogP contribution < -0.4 is 0 Å². The van der Waals surface area contributed by atoms with E-state index < -0.39 is 0 Å². The average Bonchev–Trinajstić information content (AvgIpc) is 3.09. The number of fused-ring (bicyclic) bond motifs is 1. The van der Waals surface area contributed by atoms with Crippen LogP contribution >= 0.6 is 11.8 Å². The van der Waals surface area contributed by atoms with Crippen LogP contribution in [0, 0.1) is 13.8 Å². The predicted molar refractivity (Wildman–Crippen MR) is 122 cm³/mol. The Hall–Kier alpha value is -3.05. The van der Waals surface area contributed by atoms with Gasteiger partial charge in [-0.15, -0.1) is 11.8 Å². The van der Waals surface area contributed by atoms with Gasteiger partial charge in [-0.05, 0) is 48.4 Å². The third-order valence-electron chi connectivity index (χ3n) is 5.25. The van der Waals surface area contributed by atoms with Crippen LogP contribution in [0.4, 0.5) is 0 Å². The van der Waals surface area contributed by atoms with E-state index in [9.17, 15) is 4.79 Å². The molecule has 4 rings (SSSR count). The summed E-state index contributed by atoms with van der Waals surface area (Å²) >= 11 is 1.64. The van der Waals surface area contributed by atoms with Gasteiger partial charge in [0, 0.05) is 29.8 Å². The van der Waals surface area contributed by atoms with E-state index in [0.29, 0.717) is 6.54 Å². The second-order valence-corrected chi connectivity index (χ2v) is 8.45. The van der Waals surface area contributed by atoms with Crippen LogP contribution in [-0.4, -0.2) is 23.0 Å². The fourth-order valence-corrected chi connectivity index (χ4v) is 4.71. The normalized spacial score (nSPS) is 11.0. The van der Waals surface area contributed by atoms with Crippen molar-refractivity contribution in [2.24, 2.45) is 0 Å². The molecule has 5 heteroatoms. The van der Waals surface area contributed by atoms with Crippen LogP contribution in [0.2, 0.25) is 0 Å². The minimum atomic E-state index is 0.0185. The topological polar surface area (TPSA) is 46.3 Å². The monoisotopic (exact) mass is 416 g/mol. The first kappa shape index (κ1) is 20.2. The van der Waals surface area contributed by atoms with Gasteiger partial charge in [0.25, 0.3) is 5.91 Å². The summed E-state index contributed by atoms with van der Waals surface area (Å²) in [7, 11) is 1.85. The van der Waals surface area contributed by atoms with Crippen molar-refractivity contribution in [2.75, 3.05) is 7.05 Å². The van der Waals surface area contributed by atoms with Crippen LogP contribution in [0.15, 0.2) is 76.1 Å². The number of hydrogen-bond acceptors (Lipinski definition) is 4. The number of thioether (sulfide) groups is 1. The Balaban J connectivity index is 1.50. The van der Waals surface area contributed by atoms with E-state index in [-0.39, 0.29) is 5.91 Å². The standard InChI is InChI=1S/C25H24N2O2S/c1-17-23(18(2)29-26-17)16-30-24-11-7-6-10-22(24)25(28)27(3)15-19-12-13-20-8-4-5-9-21(20)14-19/h4-14H,15-16H2,1-3H3. The van der Waals surface area contributed by atoms with Crippen molar-refractivity contribution in [2.45, 2.75) is 31.0 Å². The average molecular weight is 417 g/mol. The van der Waals surface area contributed by atoms with Crippen LogP contribution in [0.5, 0.6) is 0 Å². The number of carbonyl (C=O) groups is 1. The number of rotatable bonds is 6. The fraction of sp³-hybridized carbons (Fsp3) is 0.200. The van der Waals surface area contributed by atoms with Crippen molar-refractivity contribution < 1.29 is 9.32 Å². The molecular formula is C25H24N2O2S. The summed E-state index contributed by atoms with van der Waals surface area (Å²) in [6.07, 6.45) is 0. The summed E-state index contributed by atoms with van der Waals surface area (Å²) in [5, 5.41) is 6.41. The lowest BCUT2D eigenvalue weighted by Gasteiger charge is -2.19. The molecule has 30 heavy (non-hydrogen) atoms. The number of carbonyl (C=O) groups excluding carboxylic acids is 1. The molecule has 0 atom stereocenters. The summed E-state index contributed by atoms with van der Waals surface area (Å²) in [6.45, 7) is 4.43. The van der Waals surface area contributed by atoms with Gasteiger partial charge in [-0.3, -0.25) is 4.79 Å². The molecule has 4 nitrogen and oxygen atoms in total. The van der Waals surface area contributed by atoms with Gasteiger partial charge in [0.05, 0.1) is 11.3 Å². The number of benzene rings is 3. The molecule has 0 fully saturated rings. The number of nitrogens with zero attached hydrogens (tertiary/aromatic N) is 2. The second-order valence-electron chi connectivity index (χ2n) is 7.43. The molecule has 3 aromatic carbocycles. The molecule has 0 spiro atoms. The van der Waals surface area contributed by atoms with Crippen LogP contribution in [0.25, 0.3) is 10.8 Å². The number of hydrogen-bond donors (Lipinski definition) is 0. The predicted octanol–water partition coefficient (Wildman–Crippen LogP) is 6.01. The minimum absolute atomic E-state index is 0.0185. The van der Waals surface area contributed by atoms with E-state index in [1.165, 1.54) is 10.8 Å². The third-order valence-corrected chi connectivity index (χ3v) is 6.35. The summed E-state index contributed by atoms with van der Waals surface area (Å²) in [4.78, 5) is 16.0. The van der Waals surface area contributed by atoms with Gasteiger partial charge in [-0.25, -0.2) is 0 Å². The lowest BCUT2D eigenvalue weighted by Crippen LogP contribution is -2.26. The number of aryl methyl sites for hydroxylation is 2. The molecule has 0 N–H and O–H groups in total. The molecule has 1 aromatic heterocycles. The van der Waals surface area contributed by atoms with Gasteiger partial charge < -0.3 is 9.42 Å². The summed E-state index contributed by atoms with van der Waals surface area (Å²) in [5.41, 5.74) is 3.83. The summed E-state index contributed by atoms with van der Waals surface area (Å²) in [6, 6.07) is 22.4. The molecule has 152 valence electrons. The lowest BCUT2D eigenvalue weighted by molar-refractivity contribution is 0.0781. The summed E-state index contributed by atoms with van der Waals surface area (Å²) in [5.74, 6) is 1.57. The Morgan fingerprint density at radius 3 is 2.50 bits per heavy atom. The first-order valence-electron chi connectivity index (χ1n) is 9.89. The molecule has 1 amide bonds. The van der Waals surface area contributed by atoms with Gasteiger partial charge in [-0.2, -0.15) is 0 Å². The second kappa shape index (κ2) is 8.76. The zero-order valence-electron chi connectivity index (χ0n) is 17.4. The lowest BCUT2D eigenvalue weighted by atomic mass is 10.1. The van der Waals surface area contributed by atoms with E-state index in [2.05, 4.69) is 35.5 Å². The van der Waals surface area contributed by atoms with Crippen LogP contribution in [0.1, 0.15) is 32.9 Å². The van der Waals surface area contributed by atoms with E-state index >= 15 is 0 Å². The van der Waals surface area contributed by atoms with Crippen LogP contribution in [-0.2, 0) is 12.3 Å². The highest BCUT2D eigenvalue weighted by molar-refractivity contribution is 7.98. The molecular weight excluding hydrogens is 392 g/mol. The first-order valence-corrected chi connectivity index (χ1v) is 10.9. The molecule has 1 heterocycles. The molecule has 0 aliphatic rings. The highest BCUT2D eigenvalue weighted by Gasteiger charge is 2.17. The molecule has 0 aliphatic heterocycles. The molecule has 0 radical (unpaired) electrons. The van der Waals surface area contributed by atoms with E-state index in [1.54, 1.807) is 16.7 Å². The van der Waals surface area contributed by atoms with Crippen molar-refractivity contribution in [1.82, 2.24) is 10.1 Å². The largest absolute Gasteiger partial charge is 0.361 e. The number of aromatic nitrogens is 1. The zero-order valence-corrected chi connectivity index (χ0v) is 18.2. The third kappa shape index (κ3) is 4.26. The van der Waals surface area contributed by atoms with Crippen LogP contribution in [0.3, 0.4) is 0 Å². The SMILES string of the molecule is Cc1noc(C)c1CSc1ccccc1C(=O)N(C)Cc1ccc2ccccc2c1. The highest BCUT2D eigenvalue weighted by atomic mass is 32.2. The maximum atomic E-state index is 13.2. The van der Waals surface area contributed by atoms with Gasteiger partial charge in [0.2, 0.25) is 0 Å². The van der Waals surface area contributed by atoms with Crippen molar-refractivity contribution >= 4 is 28.4 Å². The maximum absolute atomic E-state index is 13.2. The molecule has 0 saturated heterocycles. The van der Waals surface area contributed by atoms with Gasteiger partial charge in [-0.1, -0.05) is 53.7 Å². The molecule has 4 aromatic rings. The Morgan fingerprint density at radius 1 is 1.00 bits per heavy atom. The zero-order chi connectivity index (χ0) is 21.1. The molecule has 0 saturated carbocycles. The quantitative estimate of drug-likeness (QED) is 0.361. The Bertz CT molecular complexity index is 1180. The van der Waals surface area contributed by atoms with Gasteiger partial charge in [0.1, 0.15) is 5.76 Å². The van der Waals surface area contributed by atoms with Gasteiger partial charge >= 0.3 is 0 Å². The smallest absolute Gasteiger partial charge is 0.255 e. The van der Waals surface area contributed by atoms with E-state index in [0.717, 1.165) is 38.8 Å². The fourth-order valence-electron chi connectivity index (χ4n) is 3.52. The van der Waals surface area contributed by atoms with E-state index in [4.69, 9.17) is 4.52 Å². The molecule has 0 aliphatic carbocycles. The van der Waals surface area contributed by atoms with Crippen molar-refractivity contribution in [3.8, 4) is 0 Å². The highest BCUT2D eigenvalue weighted by Crippen LogP contribution is 2.29. The maximum Gasteiger partial charge on any atom is 0.255 e. The van der Waals surface area contributed by atoms with Crippen molar-refractivity contribution in [3.05, 3.63) is 94.9 Å². The molecule has 0 unspecified atom stereocenters. The minimum Gasteiger partial charge on any atom is -0.361 e. The number of amides is 1.